The second-order valence-electron chi connectivity index (χ2n) is 10.8. The number of alkyl halides is 3. The van der Waals surface area contributed by atoms with Gasteiger partial charge in [0, 0.05) is 74.2 Å². The number of piperazine rings is 1. The van der Waals surface area contributed by atoms with Gasteiger partial charge in [-0.2, -0.15) is 18.3 Å². The molecule has 4 heterocycles. The Kier molecular flexibility index (Phi) is 7.67. The molecule has 0 unspecified atom stereocenters. The zero-order valence-corrected chi connectivity index (χ0v) is 22.9. The second kappa shape index (κ2) is 11.6. The Morgan fingerprint density at radius 2 is 1.81 bits per heavy atom. The summed E-state index contributed by atoms with van der Waals surface area (Å²) in [7, 11) is 0. The maximum Gasteiger partial charge on any atom is 0.435 e. The molecule has 6 rings (SSSR count). The van der Waals surface area contributed by atoms with Crippen LogP contribution in [0.4, 0.5) is 24.5 Å². The standard InChI is InChI=1S/C29H31F3N8O2/c30-29(31,32)26-23-16-21(4-7-24(23)36-37-26)35-28(42)20-8-11-38(17-20)18-25(41)40-14-12-39(13-15-40)22-5-2-19(3-6-22)27-33-9-1-10-34-27/h2-7,9,16,20H,1,8,10-15,17-18H2,(H,35,42)(H,36,37)/t20-/m1/s1. The fraction of sp³-hybridized carbons (Fsp3) is 0.414. The zero-order valence-electron chi connectivity index (χ0n) is 22.9. The highest BCUT2D eigenvalue weighted by Crippen LogP contribution is 2.34. The van der Waals surface area contributed by atoms with Gasteiger partial charge in [-0.1, -0.05) is 0 Å². The number of carbonyl (C=O) groups is 2. The predicted molar refractivity (Wildman–Crippen MR) is 154 cm³/mol. The Morgan fingerprint density at radius 1 is 1.02 bits per heavy atom. The molecule has 3 aliphatic heterocycles. The molecule has 0 aliphatic carbocycles. The number of aromatic nitrogens is 2. The van der Waals surface area contributed by atoms with E-state index in [9.17, 15) is 22.8 Å². The second-order valence-corrected chi connectivity index (χ2v) is 10.8. The number of aliphatic imine (C=N–C) groups is 2. The first-order valence-corrected chi connectivity index (χ1v) is 14.0. The minimum atomic E-state index is -4.60. The van der Waals surface area contributed by atoms with Gasteiger partial charge in [-0.15, -0.1) is 0 Å². The Hall–Kier alpha value is -4.26. The minimum Gasteiger partial charge on any atom is -0.368 e. The van der Waals surface area contributed by atoms with Crippen LogP contribution in [0.15, 0.2) is 52.4 Å². The lowest BCUT2D eigenvalue weighted by molar-refractivity contribution is -0.140. The Bertz CT molecular complexity index is 1520. The van der Waals surface area contributed by atoms with E-state index in [1.54, 1.807) is 6.07 Å². The molecule has 2 N–H and O–H groups in total. The van der Waals surface area contributed by atoms with Crippen LogP contribution in [0, 0.1) is 5.92 Å². The van der Waals surface area contributed by atoms with Crippen LogP contribution in [0.3, 0.4) is 0 Å². The summed E-state index contributed by atoms with van der Waals surface area (Å²) < 4.78 is 39.7. The lowest BCUT2D eigenvalue weighted by Gasteiger charge is -2.36. The van der Waals surface area contributed by atoms with Gasteiger partial charge in [-0.25, -0.2) is 4.99 Å². The van der Waals surface area contributed by atoms with Crippen molar-refractivity contribution in [2.45, 2.75) is 19.0 Å². The maximum absolute atomic E-state index is 13.2. The number of hydrogen-bond donors (Lipinski definition) is 2. The van der Waals surface area contributed by atoms with E-state index in [-0.39, 0.29) is 40.9 Å². The SMILES string of the molecule is O=C(Nc1ccc2[nH]nc(C(F)(F)F)c2c1)[C@@H]1CCN(CC(=O)N2CCN(c3ccc(C4=NCCC=N4)cc3)CC2)C1. The van der Waals surface area contributed by atoms with Crippen molar-refractivity contribution in [1.29, 1.82) is 0 Å². The van der Waals surface area contributed by atoms with Crippen molar-refractivity contribution in [3.8, 4) is 0 Å². The van der Waals surface area contributed by atoms with Gasteiger partial charge < -0.3 is 15.1 Å². The van der Waals surface area contributed by atoms with Gasteiger partial charge in [-0.3, -0.25) is 24.6 Å². The summed E-state index contributed by atoms with van der Waals surface area (Å²) >= 11 is 0. The largest absolute Gasteiger partial charge is 0.435 e. The number of nitrogens with one attached hydrogen (secondary N) is 2. The van der Waals surface area contributed by atoms with E-state index in [0.717, 1.165) is 43.1 Å². The van der Waals surface area contributed by atoms with Gasteiger partial charge in [0.25, 0.3) is 0 Å². The number of nitrogens with zero attached hydrogens (tertiary/aromatic N) is 6. The average Bonchev–Trinajstić information content (AvgIpc) is 3.65. The van der Waals surface area contributed by atoms with Crippen molar-refractivity contribution in [1.82, 2.24) is 20.0 Å². The number of amidine groups is 1. The Morgan fingerprint density at radius 3 is 2.52 bits per heavy atom. The average molecular weight is 581 g/mol. The number of carbonyl (C=O) groups excluding carboxylic acids is 2. The number of hydrogen-bond acceptors (Lipinski definition) is 7. The predicted octanol–water partition coefficient (Wildman–Crippen LogP) is 3.41. The molecule has 2 aromatic carbocycles. The van der Waals surface area contributed by atoms with Crippen molar-refractivity contribution in [3.63, 3.8) is 0 Å². The normalized spacial score (nSPS) is 19.8. The van der Waals surface area contributed by atoms with Crippen molar-refractivity contribution in [2.75, 3.05) is 62.6 Å². The first kappa shape index (κ1) is 27.9. The summed E-state index contributed by atoms with van der Waals surface area (Å²) in [5, 5.41) is 8.37. The maximum atomic E-state index is 13.2. The van der Waals surface area contributed by atoms with Crippen LogP contribution in [0.2, 0.25) is 0 Å². The third-order valence-corrected chi connectivity index (χ3v) is 7.96. The topological polar surface area (TPSA) is 109 Å². The van der Waals surface area contributed by atoms with Gasteiger partial charge in [-0.05, 0) is 55.4 Å². The molecule has 0 bridgehead atoms. The van der Waals surface area contributed by atoms with Crippen LogP contribution in [0.5, 0.6) is 0 Å². The molecule has 1 atom stereocenters. The molecule has 2 amide bonds. The number of aromatic amines is 1. The number of amides is 2. The Labute approximate surface area is 240 Å². The molecule has 3 aromatic rings. The number of anilines is 2. The number of fused-ring (bicyclic) bond motifs is 1. The van der Waals surface area contributed by atoms with Crippen LogP contribution in [-0.2, 0) is 15.8 Å². The first-order valence-electron chi connectivity index (χ1n) is 14.0. The number of halogens is 3. The fourth-order valence-electron chi connectivity index (χ4n) is 5.65. The number of rotatable bonds is 6. The zero-order chi connectivity index (χ0) is 29.3. The molecule has 3 aliphatic rings. The summed E-state index contributed by atoms with van der Waals surface area (Å²) in [5.74, 6) is 0.165. The highest BCUT2D eigenvalue weighted by Gasteiger charge is 2.36. The lowest BCUT2D eigenvalue weighted by atomic mass is 10.1. The van der Waals surface area contributed by atoms with Crippen LogP contribution >= 0.6 is 0 Å². The van der Waals surface area contributed by atoms with Crippen molar-refractivity contribution in [3.05, 3.63) is 53.7 Å². The van der Waals surface area contributed by atoms with E-state index in [4.69, 9.17) is 0 Å². The van der Waals surface area contributed by atoms with Crippen molar-refractivity contribution >= 4 is 46.1 Å². The summed E-state index contributed by atoms with van der Waals surface area (Å²) in [5.41, 5.74) is 1.60. The van der Waals surface area contributed by atoms with Gasteiger partial charge in [0.15, 0.2) is 11.5 Å². The van der Waals surface area contributed by atoms with Crippen LogP contribution < -0.4 is 10.2 Å². The highest BCUT2D eigenvalue weighted by molar-refractivity contribution is 6.04. The number of H-pyrrole nitrogens is 1. The third kappa shape index (κ3) is 6.01. The first-order chi connectivity index (χ1) is 20.2. The molecule has 1 aromatic heterocycles. The molecule has 2 saturated heterocycles. The molecular weight excluding hydrogens is 549 g/mol. The van der Waals surface area contributed by atoms with Crippen molar-refractivity contribution in [2.24, 2.45) is 15.9 Å². The van der Waals surface area contributed by atoms with Crippen LogP contribution in [0.25, 0.3) is 10.9 Å². The van der Waals surface area contributed by atoms with Crippen LogP contribution in [-0.4, -0.2) is 96.2 Å². The summed E-state index contributed by atoms with van der Waals surface area (Å²) in [6.07, 6.45) is -1.26. The Balaban J connectivity index is 0.974. The van der Waals surface area contributed by atoms with Gasteiger partial charge in [0.05, 0.1) is 18.0 Å². The molecule has 220 valence electrons. The van der Waals surface area contributed by atoms with Gasteiger partial charge in [0.1, 0.15) is 0 Å². The quantitative estimate of drug-likeness (QED) is 0.465. The van der Waals surface area contributed by atoms with E-state index in [1.807, 2.05) is 28.1 Å². The highest BCUT2D eigenvalue weighted by atomic mass is 19.4. The molecule has 42 heavy (non-hydrogen) atoms. The van der Waals surface area contributed by atoms with Crippen LogP contribution in [0.1, 0.15) is 24.1 Å². The van der Waals surface area contributed by atoms with E-state index in [0.29, 0.717) is 32.6 Å². The molecule has 0 saturated carbocycles. The molecule has 2 fully saturated rings. The molecular formula is C29H31F3N8O2. The van der Waals surface area contributed by atoms with E-state index < -0.39 is 11.9 Å². The number of benzene rings is 2. The molecule has 10 nitrogen and oxygen atoms in total. The molecule has 0 radical (unpaired) electrons. The summed E-state index contributed by atoms with van der Waals surface area (Å²) in [4.78, 5) is 40.8. The van der Waals surface area contributed by atoms with E-state index in [2.05, 4.69) is 42.5 Å². The third-order valence-electron chi connectivity index (χ3n) is 7.96. The lowest BCUT2D eigenvalue weighted by Crippen LogP contribution is -2.51. The van der Waals surface area contributed by atoms with Gasteiger partial charge in [0.2, 0.25) is 11.8 Å². The van der Waals surface area contributed by atoms with Gasteiger partial charge >= 0.3 is 6.18 Å². The molecule has 13 heteroatoms. The minimum absolute atomic E-state index is 0.0318. The summed E-state index contributed by atoms with van der Waals surface area (Å²) in [6, 6.07) is 12.5. The van der Waals surface area contributed by atoms with E-state index in [1.165, 1.54) is 12.1 Å². The molecule has 0 spiro atoms. The van der Waals surface area contributed by atoms with E-state index >= 15 is 0 Å². The summed E-state index contributed by atoms with van der Waals surface area (Å²) in [6.45, 7) is 4.71. The fourth-order valence-corrected chi connectivity index (χ4v) is 5.65. The smallest absolute Gasteiger partial charge is 0.368 e. The number of likely N-dealkylation sites (tertiary alicyclic amines) is 1. The van der Waals surface area contributed by atoms with Crippen molar-refractivity contribution < 1.29 is 22.8 Å². The monoisotopic (exact) mass is 580 g/mol.